The number of rotatable bonds is 4. The maximum absolute atomic E-state index is 12.0. The number of anilines is 1. The largest absolute Gasteiger partial charge is 0.360 e. The number of nitriles is 1. The molecule has 0 fully saturated rings. The first-order valence-electron chi connectivity index (χ1n) is 6.28. The fraction of sp³-hybridized carbons (Fsp3) is 0.312. The molecule has 0 aliphatic heterocycles. The van der Waals surface area contributed by atoms with Crippen LogP contribution in [0.5, 0.6) is 0 Å². The summed E-state index contributed by atoms with van der Waals surface area (Å²) < 4.78 is 0. The third kappa shape index (κ3) is 4.06. The van der Waals surface area contributed by atoms with Crippen molar-refractivity contribution in [3.63, 3.8) is 0 Å². The Morgan fingerprint density at radius 1 is 1.20 bits per heavy atom. The number of hydrogen-bond donors (Lipinski definition) is 1. The van der Waals surface area contributed by atoms with Crippen molar-refractivity contribution in [3.05, 3.63) is 41.6 Å². The number of ketones is 2. The summed E-state index contributed by atoms with van der Waals surface area (Å²) in [6, 6.07) is 8.74. The van der Waals surface area contributed by atoms with Crippen LogP contribution in [0.15, 0.2) is 36.0 Å². The topological polar surface area (TPSA) is 70.0 Å². The van der Waals surface area contributed by atoms with Crippen molar-refractivity contribution in [1.82, 2.24) is 0 Å². The highest BCUT2D eigenvalue weighted by molar-refractivity contribution is 6.02. The van der Waals surface area contributed by atoms with Crippen molar-refractivity contribution < 1.29 is 9.59 Å². The second kappa shape index (κ2) is 6.16. The van der Waals surface area contributed by atoms with Gasteiger partial charge in [0.1, 0.15) is 11.6 Å². The summed E-state index contributed by atoms with van der Waals surface area (Å²) in [5, 5.41) is 11.9. The molecule has 0 aromatic heterocycles. The lowest BCUT2D eigenvalue weighted by Crippen LogP contribution is -2.22. The molecule has 0 heterocycles. The Morgan fingerprint density at radius 3 is 2.15 bits per heavy atom. The van der Waals surface area contributed by atoms with Crippen molar-refractivity contribution in [1.29, 1.82) is 5.26 Å². The van der Waals surface area contributed by atoms with Gasteiger partial charge in [-0.3, -0.25) is 9.59 Å². The van der Waals surface area contributed by atoms with Crippen LogP contribution in [0.2, 0.25) is 0 Å². The van der Waals surface area contributed by atoms with Gasteiger partial charge in [-0.2, -0.15) is 5.26 Å². The molecule has 1 N–H and O–H groups in total. The summed E-state index contributed by atoms with van der Waals surface area (Å²) in [6.45, 7) is 6.80. The van der Waals surface area contributed by atoms with E-state index in [2.05, 4.69) is 5.32 Å². The maximum atomic E-state index is 12.0. The van der Waals surface area contributed by atoms with Crippen molar-refractivity contribution in [3.8, 4) is 6.07 Å². The molecule has 0 spiro atoms. The van der Waals surface area contributed by atoms with Crippen LogP contribution in [0.1, 0.15) is 38.1 Å². The fourth-order valence-corrected chi connectivity index (χ4v) is 1.51. The van der Waals surface area contributed by atoms with Gasteiger partial charge in [-0.15, -0.1) is 0 Å². The quantitative estimate of drug-likeness (QED) is 0.517. The first kappa shape index (κ1) is 15.6. The molecule has 1 aromatic carbocycles. The number of allylic oxidation sites excluding steroid dienone is 1. The molecule has 104 valence electrons. The van der Waals surface area contributed by atoms with E-state index in [4.69, 9.17) is 5.26 Å². The number of benzene rings is 1. The number of Topliss-reactive ketones (excluding diaryl/α,β-unsaturated/α-hetero) is 2. The lowest BCUT2D eigenvalue weighted by atomic mass is 9.87. The summed E-state index contributed by atoms with van der Waals surface area (Å²) in [6.07, 6.45) is 1.40. The Balaban J connectivity index is 2.87. The van der Waals surface area contributed by atoms with Gasteiger partial charge in [-0.05, 0) is 31.2 Å². The van der Waals surface area contributed by atoms with Gasteiger partial charge >= 0.3 is 0 Å². The highest BCUT2D eigenvalue weighted by Gasteiger charge is 2.24. The van der Waals surface area contributed by atoms with Crippen molar-refractivity contribution in [2.45, 2.75) is 27.7 Å². The zero-order valence-corrected chi connectivity index (χ0v) is 12.2. The van der Waals surface area contributed by atoms with E-state index in [-0.39, 0.29) is 17.1 Å². The second-order valence-electron chi connectivity index (χ2n) is 5.53. The first-order valence-corrected chi connectivity index (χ1v) is 6.28. The Morgan fingerprint density at radius 2 is 1.75 bits per heavy atom. The summed E-state index contributed by atoms with van der Waals surface area (Å²) in [4.78, 5) is 23.1. The smallest absolute Gasteiger partial charge is 0.180 e. The summed E-state index contributed by atoms with van der Waals surface area (Å²) >= 11 is 0. The van der Waals surface area contributed by atoms with Crippen LogP contribution >= 0.6 is 0 Å². The third-order valence-electron chi connectivity index (χ3n) is 2.72. The van der Waals surface area contributed by atoms with E-state index in [9.17, 15) is 9.59 Å². The predicted molar refractivity (Wildman–Crippen MR) is 78.2 cm³/mol. The van der Waals surface area contributed by atoms with E-state index in [1.165, 1.54) is 13.1 Å². The second-order valence-corrected chi connectivity index (χ2v) is 5.53. The monoisotopic (exact) mass is 270 g/mol. The van der Waals surface area contributed by atoms with Gasteiger partial charge in [0.2, 0.25) is 0 Å². The van der Waals surface area contributed by atoms with Crippen molar-refractivity contribution in [2.24, 2.45) is 5.41 Å². The van der Waals surface area contributed by atoms with Gasteiger partial charge in [-0.1, -0.05) is 20.8 Å². The molecule has 0 amide bonds. The molecule has 0 bridgehead atoms. The zero-order valence-electron chi connectivity index (χ0n) is 12.2. The lowest BCUT2D eigenvalue weighted by Gasteiger charge is -2.15. The van der Waals surface area contributed by atoms with Crippen LogP contribution < -0.4 is 5.32 Å². The van der Waals surface area contributed by atoms with Crippen LogP contribution in [0, 0.1) is 16.7 Å². The van der Waals surface area contributed by atoms with Crippen LogP contribution in [-0.4, -0.2) is 11.6 Å². The maximum Gasteiger partial charge on any atom is 0.180 e. The summed E-state index contributed by atoms with van der Waals surface area (Å²) in [5.41, 5.74) is 0.810. The number of nitrogens with zero attached hydrogens (tertiary/aromatic N) is 1. The standard InChI is InChI=1S/C16H18N2O2/c1-11(19)12-5-7-14(8-6-12)18-10-13(9-17)15(20)16(2,3)4/h5-8,10,18H,1-4H3. The molecule has 0 radical (unpaired) electrons. The van der Waals surface area contributed by atoms with E-state index < -0.39 is 5.41 Å². The molecule has 20 heavy (non-hydrogen) atoms. The molecule has 0 unspecified atom stereocenters. The van der Waals surface area contributed by atoms with Crippen LogP contribution in [-0.2, 0) is 4.79 Å². The molecular formula is C16H18N2O2. The van der Waals surface area contributed by atoms with Crippen LogP contribution in [0.4, 0.5) is 5.69 Å². The SMILES string of the molecule is CC(=O)c1ccc(NC=C(C#N)C(=O)C(C)(C)C)cc1. The summed E-state index contributed by atoms with van der Waals surface area (Å²) in [7, 11) is 0. The van der Waals surface area contributed by atoms with Gasteiger partial charge in [0.15, 0.2) is 11.6 Å². The normalized spacial score (nSPS) is 11.7. The van der Waals surface area contributed by atoms with E-state index in [0.29, 0.717) is 11.3 Å². The number of carbonyl (C=O) groups is 2. The van der Waals surface area contributed by atoms with Gasteiger partial charge in [0, 0.05) is 22.9 Å². The minimum atomic E-state index is -0.596. The third-order valence-corrected chi connectivity index (χ3v) is 2.72. The fourth-order valence-electron chi connectivity index (χ4n) is 1.51. The van der Waals surface area contributed by atoms with Crippen LogP contribution in [0.3, 0.4) is 0 Å². The van der Waals surface area contributed by atoms with Crippen molar-refractivity contribution in [2.75, 3.05) is 5.32 Å². The highest BCUT2D eigenvalue weighted by Crippen LogP contribution is 2.20. The minimum absolute atomic E-state index is 0.00674. The Hall–Kier alpha value is -2.41. The minimum Gasteiger partial charge on any atom is -0.360 e. The molecule has 0 aliphatic carbocycles. The molecule has 4 nitrogen and oxygen atoms in total. The first-order chi connectivity index (χ1) is 9.25. The average Bonchev–Trinajstić information content (AvgIpc) is 2.38. The Bertz CT molecular complexity index is 584. The van der Waals surface area contributed by atoms with E-state index >= 15 is 0 Å². The number of carbonyl (C=O) groups excluding carboxylic acids is 2. The van der Waals surface area contributed by atoms with Gasteiger partial charge in [-0.25, -0.2) is 0 Å². The predicted octanol–water partition coefficient (Wildman–Crippen LogP) is 3.32. The molecule has 0 aliphatic rings. The number of nitrogens with one attached hydrogen (secondary N) is 1. The lowest BCUT2D eigenvalue weighted by molar-refractivity contribution is -0.122. The molecule has 0 atom stereocenters. The molecule has 0 saturated heterocycles. The molecule has 1 aromatic rings. The molecule has 0 saturated carbocycles. The highest BCUT2D eigenvalue weighted by atomic mass is 16.1. The van der Waals surface area contributed by atoms with E-state index in [1.807, 2.05) is 6.07 Å². The van der Waals surface area contributed by atoms with Crippen LogP contribution in [0.25, 0.3) is 0 Å². The molecule has 4 heteroatoms. The van der Waals surface area contributed by atoms with E-state index in [1.54, 1.807) is 45.0 Å². The number of hydrogen-bond acceptors (Lipinski definition) is 4. The Labute approximate surface area is 119 Å². The van der Waals surface area contributed by atoms with Gasteiger partial charge in [0.05, 0.1) is 0 Å². The van der Waals surface area contributed by atoms with Crippen molar-refractivity contribution >= 4 is 17.3 Å². The van der Waals surface area contributed by atoms with Gasteiger partial charge in [0.25, 0.3) is 0 Å². The zero-order chi connectivity index (χ0) is 15.3. The van der Waals surface area contributed by atoms with Gasteiger partial charge < -0.3 is 5.32 Å². The van der Waals surface area contributed by atoms with E-state index in [0.717, 1.165) is 0 Å². The molecule has 1 rings (SSSR count). The summed E-state index contributed by atoms with van der Waals surface area (Å²) in [5.74, 6) is -0.222. The average molecular weight is 270 g/mol. The Kier molecular flexibility index (Phi) is 4.82. The molecular weight excluding hydrogens is 252 g/mol.